The van der Waals surface area contributed by atoms with Gasteiger partial charge in [0.05, 0.1) is 16.4 Å². The number of amides is 1. The quantitative estimate of drug-likeness (QED) is 0.197. The number of nitrogens with zero attached hydrogens (tertiary/aromatic N) is 3. The second-order valence-electron chi connectivity index (χ2n) is 8.39. The van der Waals surface area contributed by atoms with Gasteiger partial charge in [0.1, 0.15) is 4.88 Å². The summed E-state index contributed by atoms with van der Waals surface area (Å²) in [6.07, 6.45) is 1.51. The van der Waals surface area contributed by atoms with E-state index in [0.717, 1.165) is 5.56 Å². The van der Waals surface area contributed by atoms with E-state index in [0.29, 0.717) is 42.5 Å². The molecule has 0 aliphatic rings. The standard InChI is InChI=1S/C28H19Cl3N4O3S/c1-16-25(27(36)33-15-17-10-11-32-24(13-17)38-28(37)23-3-2-12-39-23)34-35(22-9-8-20(30)14-21(22)31)26(16)18-4-6-19(29)7-5-18/h2-14H,15H2,1H3,(H,33,36). The fourth-order valence-electron chi connectivity index (χ4n) is 3.91. The van der Waals surface area contributed by atoms with E-state index in [9.17, 15) is 9.59 Å². The van der Waals surface area contributed by atoms with Gasteiger partial charge >= 0.3 is 5.97 Å². The highest BCUT2D eigenvalue weighted by atomic mass is 35.5. The van der Waals surface area contributed by atoms with Crippen molar-refractivity contribution in [2.75, 3.05) is 0 Å². The minimum atomic E-state index is -0.490. The molecule has 196 valence electrons. The normalized spacial score (nSPS) is 10.9. The first-order valence-corrected chi connectivity index (χ1v) is 13.6. The highest BCUT2D eigenvalue weighted by molar-refractivity contribution is 7.12. The average molecular weight is 598 g/mol. The van der Waals surface area contributed by atoms with Crippen molar-refractivity contribution in [2.45, 2.75) is 13.5 Å². The number of hydrogen-bond donors (Lipinski definition) is 1. The second kappa shape index (κ2) is 11.6. The van der Waals surface area contributed by atoms with Crippen LogP contribution < -0.4 is 10.1 Å². The summed E-state index contributed by atoms with van der Waals surface area (Å²) < 4.78 is 6.98. The third kappa shape index (κ3) is 5.99. The smallest absolute Gasteiger partial charge is 0.355 e. The van der Waals surface area contributed by atoms with Gasteiger partial charge in [-0.05, 0) is 60.3 Å². The molecule has 2 aromatic carbocycles. The Morgan fingerprint density at radius 3 is 2.49 bits per heavy atom. The molecule has 0 saturated carbocycles. The van der Waals surface area contributed by atoms with Gasteiger partial charge in [-0.25, -0.2) is 14.5 Å². The van der Waals surface area contributed by atoms with Crippen molar-refractivity contribution >= 4 is 58.0 Å². The van der Waals surface area contributed by atoms with Crippen LogP contribution in [0.4, 0.5) is 0 Å². The van der Waals surface area contributed by atoms with Crippen LogP contribution in [-0.2, 0) is 6.54 Å². The lowest BCUT2D eigenvalue weighted by Gasteiger charge is -2.11. The molecule has 39 heavy (non-hydrogen) atoms. The molecule has 0 aliphatic heterocycles. The van der Waals surface area contributed by atoms with Gasteiger partial charge in [-0.15, -0.1) is 11.3 Å². The molecule has 11 heteroatoms. The third-order valence-electron chi connectivity index (χ3n) is 5.76. The molecule has 0 saturated heterocycles. The molecule has 0 radical (unpaired) electrons. The number of carbonyl (C=O) groups is 2. The lowest BCUT2D eigenvalue weighted by atomic mass is 10.1. The zero-order valence-electron chi connectivity index (χ0n) is 20.3. The van der Waals surface area contributed by atoms with Crippen molar-refractivity contribution in [2.24, 2.45) is 0 Å². The number of esters is 1. The predicted molar refractivity (Wildman–Crippen MR) is 153 cm³/mol. The van der Waals surface area contributed by atoms with Gasteiger partial charge in [-0.3, -0.25) is 4.79 Å². The van der Waals surface area contributed by atoms with Gasteiger partial charge in [-0.2, -0.15) is 5.10 Å². The molecular weight excluding hydrogens is 579 g/mol. The van der Waals surface area contributed by atoms with Gasteiger partial charge in [0.15, 0.2) is 5.69 Å². The van der Waals surface area contributed by atoms with E-state index in [4.69, 9.17) is 39.5 Å². The van der Waals surface area contributed by atoms with Crippen LogP contribution in [0.3, 0.4) is 0 Å². The number of pyridine rings is 1. The van der Waals surface area contributed by atoms with E-state index in [-0.39, 0.29) is 24.0 Å². The average Bonchev–Trinajstić information content (AvgIpc) is 3.57. The van der Waals surface area contributed by atoms with E-state index in [1.54, 1.807) is 64.7 Å². The maximum Gasteiger partial charge on any atom is 0.355 e. The molecule has 1 amide bonds. The Morgan fingerprint density at radius 1 is 1.00 bits per heavy atom. The van der Waals surface area contributed by atoms with Crippen LogP contribution in [0.1, 0.15) is 31.3 Å². The van der Waals surface area contributed by atoms with Crippen LogP contribution in [0.5, 0.6) is 5.88 Å². The lowest BCUT2D eigenvalue weighted by Crippen LogP contribution is -2.24. The molecule has 0 aliphatic carbocycles. The Kier molecular flexibility index (Phi) is 7.99. The van der Waals surface area contributed by atoms with Crippen LogP contribution in [-0.4, -0.2) is 26.6 Å². The van der Waals surface area contributed by atoms with Crippen LogP contribution in [0.15, 0.2) is 78.3 Å². The molecule has 0 atom stereocenters. The number of halogens is 3. The van der Waals surface area contributed by atoms with Crippen molar-refractivity contribution in [3.8, 4) is 22.8 Å². The van der Waals surface area contributed by atoms with E-state index < -0.39 is 5.97 Å². The Balaban J connectivity index is 1.41. The van der Waals surface area contributed by atoms with Gasteiger partial charge < -0.3 is 10.1 Å². The molecule has 5 rings (SSSR count). The zero-order chi connectivity index (χ0) is 27.5. The maximum atomic E-state index is 13.3. The highest BCUT2D eigenvalue weighted by Crippen LogP contribution is 2.33. The molecule has 3 aromatic heterocycles. The molecule has 1 N–H and O–H groups in total. The third-order valence-corrected chi connectivity index (χ3v) is 7.40. The van der Waals surface area contributed by atoms with Crippen LogP contribution in [0.25, 0.3) is 16.9 Å². The molecule has 0 unspecified atom stereocenters. The van der Waals surface area contributed by atoms with E-state index in [1.165, 1.54) is 17.5 Å². The molecule has 5 aromatic rings. The van der Waals surface area contributed by atoms with Crippen LogP contribution in [0.2, 0.25) is 15.1 Å². The number of rotatable bonds is 7. The van der Waals surface area contributed by atoms with Crippen molar-refractivity contribution < 1.29 is 14.3 Å². The Hall–Kier alpha value is -3.69. The number of carbonyl (C=O) groups excluding carboxylic acids is 2. The van der Waals surface area contributed by atoms with Crippen molar-refractivity contribution in [1.29, 1.82) is 0 Å². The highest BCUT2D eigenvalue weighted by Gasteiger charge is 2.23. The first-order chi connectivity index (χ1) is 18.8. The van der Waals surface area contributed by atoms with Crippen molar-refractivity contribution in [1.82, 2.24) is 20.1 Å². The summed E-state index contributed by atoms with van der Waals surface area (Å²) in [5.74, 6) is -0.737. The first-order valence-electron chi connectivity index (χ1n) is 11.6. The molecule has 0 bridgehead atoms. The summed E-state index contributed by atoms with van der Waals surface area (Å²) in [7, 11) is 0. The topological polar surface area (TPSA) is 86.1 Å². The van der Waals surface area contributed by atoms with E-state index in [1.807, 2.05) is 19.1 Å². The van der Waals surface area contributed by atoms with Gasteiger partial charge in [0.2, 0.25) is 5.88 Å². The minimum Gasteiger partial charge on any atom is -0.403 e. The first kappa shape index (κ1) is 26.9. The van der Waals surface area contributed by atoms with Crippen molar-refractivity contribution in [3.05, 3.63) is 115 Å². The van der Waals surface area contributed by atoms with E-state index >= 15 is 0 Å². The maximum absolute atomic E-state index is 13.3. The minimum absolute atomic E-state index is 0.142. The van der Waals surface area contributed by atoms with Crippen LogP contribution >= 0.6 is 46.1 Å². The number of aromatic nitrogens is 3. The van der Waals surface area contributed by atoms with E-state index in [2.05, 4.69) is 15.4 Å². The number of benzene rings is 2. The number of thiophene rings is 1. The van der Waals surface area contributed by atoms with Gasteiger partial charge in [0, 0.05) is 40.0 Å². The monoisotopic (exact) mass is 596 g/mol. The summed E-state index contributed by atoms with van der Waals surface area (Å²) in [6, 6.07) is 19.1. The predicted octanol–water partition coefficient (Wildman–Crippen LogP) is 7.41. The summed E-state index contributed by atoms with van der Waals surface area (Å²) in [4.78, 5) is 30.1. The number of nitrogens with one attached hydrogen (secondary N) is 1. The summed E-state index contributed by atoms with van der Waals surface area (Å²) in [6.45, 7) is 1.98. The zero-order valence-corrected chi connectivity index (χ0v) is 23.4. The fourth-order valence-corrected chi connectivity index (χ4v) is 5.12. The van der Waals surface area contributed by atoms with Gasteiger partial charge in [-0.1, -0.05) is 53.0 Å². The molecule has 3 heterocycles. The second-order valence-corrected chi connectivity index (χ2v) is 10.6. The summed E-state index contributed by atoms with van der Waals surface area (Å²) >= 11 is 20.0. The number of hydrogen-bond acceptors (Lipinski definition) is 6. The van der Waals surface area contributed by atoms with Gasteiger partial charge in [0.25, 0.3) is 5.91 Å². The molecule has 7 nitrogen and oxygen atoms in total. The van der Waals surface area contributed by atoms with Crippen LogP contribution in [0, 0.1) is 6.92 Å². The SMILES string of the molecule is Cc1c(C(=O)NCc2ccnc(OC(=O)c3cccs3)c2)nn(-c2ccc(Cl)cc2Cl)c1-c1ccc(Cl)cc1. The molecule has 0 spiro atoms. The Bertz CT molecular complexity index is 1670. The molecular formula is C28H19Cl3N4O3S. The van der Waals surface area contributed by atoms with Crippen molar-refractivity contribution in [3.63, 3.8) is 0 Å². The Morgan fingerprint density at radius 2 is 1.77 bits per heavy atom. The lowest BCUT2D eigenvalue weighted by molar-refractivity contribution is 0.0732. The summed E-state index contributed by atoms with van der Waals surface area (Å²) in [5, 5.41) is 10.8. The Labute approximate surface area is 242 Å². The number of ether oxygens (including phenoxy) is 1. The largest absolute Gasteiger partial charge is 0.403 e. The molecule has 0 fully saturated rings. The summed E-state index contributed by atoms with van der Waals surface area (Å²) in [5.41, 5.74) is 3.64. The fraction of sp³-hybridized carbons (Fsp3) is 0.0714.